The average Bonchev–Trinajstić information content (AvgIpc) is 2.86. The average molecular weight is 376 g/mol. The highest BCUT2D eigenvalue weighted by Gasteiger charge is 2.35. The number of hydrogen-bond donors (Lipinski definition) is 0. The maximum Gasteiger partial charge on any atom is 0.327 e. The van der Waals surface area contributed by atoms with Crippen LogP contribution in [0.4, 0.5) is 10.5 Å². The Balaban J connectivity index is 1.79. The highest BCUT2D eigenvalue weighted by atomic mass is 16.5. The van der Waals surface area contributed by atoms with Crippen LogP contribution in [0.15, 0.2) is 24.3 Å². The number of likely N-dealkylation sites (N-methyl/N-ethyl adjacent to an activating group) is 2. The van der Waals surface area contributed by atoms with Gasteiger partial charge >= 0.3 is 12.0 Å². The SMILES string of the molecule is CN(Cc1ccc(N(C)C)cc1)C(=O)COC(=O)CN1C(=O)CN(C)C1=O. The molecule has 1 aromatic rings. The predicted molar refractivity (Wildman–Crippen MR) is 97.9 cm³/mol. The number of carbonyl (C=O) groups is 4. The number of benzene rings is 1. The molecule has 4 amide bonds. The lowest BCUT2D eigenvalue weighted by molar-refractivity contribution is -0.153. The zero-order valence-electron chi connectivity index (χ0n) is 16.0. The van der Waals surface area contributed by atoms with Gasteiger partial charge < -0.3 is 19.4 Å². The maximum atomic E-state index is 12.1. The molecule has 9 heteroatoms. The van der Waals surface area contributed by atoms with Crippen LogP contribution >= 0.6 is 0 Å². The molecule has 1 saturated heterocycles. The van der Waals surface area contributed by atoms with E-state index in [0.717, 1.165) is 16.2 Å². The Morgan fingerprint density at radius 1 is 1.11 bits per heavy atom. The number of carbonyl (C=O) groups excluding carboxylic acids is 4. The fourth-order valence-corrected chi connectivity index (χ4v) is 2.51. The molecule has 2 rings (SSSR count). The third-order valence-corrected chi connectivity index (χ3v) is 4.17. The lowest BCUT2D eigenvalue weighted by atomic mass is 10.2. The summed E-state index contributed by atoms with van der Waals surface area (Å²) in [5.74, 6) is -1.65. The Hall–Kier alpha value is -3.10. The van der Waals surface area contributed by atoms with E-state index < -0.39 is 31.1 Å². The maximum absolute atomic E-state index is 12.1. The van der Waals surface area contributed by atoms with Gasteiger partial charge in [0.25, 0.3) is 11.8 Å². The van der Waals surface area contributed by atoms with Crippen LogP contribution in [0.1, 0.15) is 5.56 Å². The first-order valence-electron chi connectivity index (χ1n) is 8.40. The second kappa shape index (κ2) is 8.52. The molecule has 0 aliphatic carbocycles. The van der Waals surface area contributed by atoms with Gasteiger partial charge in [0.2, 0.25) is 0 Å². The number of urea groups is 1. The summed E-state index contributed by atoms with van der Waals surface area (Å²) in [7, 11) is 6.97. The second-order valence-corrected chi connectivity index (χ2v) is 6.59. The number of ether oxygens (including phenoxy) is 1. The van der Waals surface area contributed by atoms with Crippen molar-refractivity contribution < 1.29 is 23.9 Å². The largest absolute Gasteiger partial charge is 0.454 e. The molecular weight excluding hydrogens is 352 g/mol. The predicted octanol–water partition coefficient (Wildman–Crippen LogP) is 0.148. The van der Waals surface area contributed by atoms with Crippen LogP contribution in [0.2, 0.25) is 0 Å². The van der Waals surface area contributed by atoms with Gasteiger partial charge in [0.1, 0.15) is 13.1 Å². The smallest absolute Gasteiger partial charge is 0.327 e. The van der Waals surface area contributed by atoms with E-state index in [0.29, 0.717) is 6.54 Å². The van der Waals surface area contributed by atoms with Gasteiger partial charge in [-0.1, -0.05) is 12.1 Å². The lowest BCUT2D eigenvalue weighted by Gasteiger charge is -2.19. The van der Waals surface area contributed by atoms with E-state index in [1.54, 1.807) is 7.05 Å². The molecule has 0 spiro atoms. The first kappa shape index (κ1) is 20.2. The molecule has 1 aliphatic heterocycles. The molecular formula is C18H24N4O5. The van der Waals surface area contributed by atoms with Crippen molar-refractivity contribution in [2.24, 2.45) is 0 Å². The van der Waals surface area contributed by atoms with Gasteiger partial charge in [0, 0.05) is 40.4 Å². The van der Waals surface area contributed by atoms with Crippen molar-refractivity contribution in [3.63, 3.8) is 0 Å². The summed E-state index contributed by atoms with van der Waals surface area (Å²) in [6, 6.07) is 7.20. The van der Waals surface area contributed by atoms with Crippen molar-refractivity contribution >= 4 is 29.5 Å². The summed E-state index contributed by atoms with van der Waals surface area (Å²) in [6.45, 7) is -0.638. The zero-order chi connectivity index (χ0) is 20.1. The molecule has 1 fully saturated rings. The topological polar surface area (TPSA) is 90.5 Å². The normalized spacial score (nSPS) is 13.8. The van der Waals surface area contributed by atoms with Gasteiger partial charge in [-0.05, 0) is 17.7 Å². The number of anilines is 1. The van der Waals surface area contributed by atoms with Gasteiger partial charge in [0.05, 0.1) is 0 Å². The summed E-state index contributed by atoms with van der Waals surface area (Å²) >= 11 is 0. The molecule has 0 atom stereocenters. The number of rotatable bonds is 7. The Kier molecular flexibility index (Phi) is 6.38. The van der Waals surface area contributed by atoms with Gasteiger partial charge in [-0.2, -0.15) is 0 Å². The van der Waals surface area contributed by atoms with E-state index in [-0.39, 0.29) is 12.5 Å². The minimum atomic E-state index is -0.802. The highest BCUT2D eigenvalue weighted by molar-refractivity contribution is 6.04. The molecule has 27 heavy (non-hydrogen) atoms. The number of nitrogens with zero attached hydrogens (tertiary/aromatic N) is 4. The van der Waals surface area contributed by atoms with E-state index in [2.05, 4.69) is 0 Å². The van der Waals surface area contributed by atoms with Crippen molar-refractivity contribution in [2.45, 2.75) is 6.54 Å². The van der Waals surface area contributed by atoms with Crippen molar-refractivity contribution in [2.75, 3.05) is 52.8 Å². The molecule has 0 bridgehead atoms. The fraction of sp³-hybridized carbons (Fsp3) is 0.444. The summed E-state index contributed by atoms with van der Waals surface area (Å²) < 4.78 is 4.91. The molecule has 0 saturated carbocycles. The van der Waals surface area contributed by atoms with E-state index in [1.807, 2.05) is 43.3 Å². The molecule has 0 radical (unpaired) electrons. The molecule has 0 aromatic heterocycles. The van der Waals surface area contributed by atoms with Crippen molar-refractivity contribution in [1.82, 2.24) is 14.7 Å². The standard InChI is InChI=1S/C18H24N4O5/c1-19(2)14-7-5-13(6-8-14)9-20(3)16(24)12-27-17(25)11-22-15(23)10-21(4)18(22)26/h5-8H,9-12H2,1-4H3. The van der Waals surface area contributed by atoms with Crippen LogP contribution in [0.5, 0.6) is 0 Å². The minimum absolute atomic E-state index is 0.0691. The first-order chi connectivity index (χ1) is 12.7. The second-order valence-electron chi connectivity index (χ2n) is 6.59. The van der Waals surface area contributed by atoms with Crippen LogP contribution in [-0.2, 0) is 25.7 Å². The first-order valence-corrected chi connectivity index (χ1v) is 8.40. The Labute approximate surface area is 158 Å². The van der Waals surface area contributed by atoms with Crippen molar-refractivity contribution in [3.8, 4) is 0 Å². The number of esters is 1. The fourth-order valence-electron chi connectivity index (χ4n) is 2.51. The number of amides is 4. The molecule has 0 N–H and O–H groups in total. The van der Waals surface area contributed by atoms with Gasteiger partial charge in [-0.25, -0.2) is 4.79 Å². The van der Waals surface area contributed by atoms with E-state index in [9.17, 15) is 19.2 Å². The zero-order valence-corrected chi connectivity index (χ0v) is 16.0. The minimum Gasteiger partial charge on any atom is -0.454 e. The van der Waals surface area contributed by atoms with E-state index >= 15 is 0 Å². The molecule has 1 heterocycles. The third kappa shape index (κ3) is 5.19. The van der Waals surface area contributed by atoms with Crippen LogP contribution < -0.4 is 4.90 Å². The van der Waals surface area contributed by atoms with Crippen molar-refractivity contribution in [3.05, 3.63) is 29.8 Å². The van der Waals surface area contributed by atoms with E-state index in [1.165, 1.54) is 16.8 Å². The van der Waals surface area contributed by atoms with Gasteiger partial charge in [-0.15, -0.1) is 0 Å². The molecule has 9 nitrogen and oxygen atoms in total. The van der Waals surface area contributed by atoms with Gasteiger partial charge in [0.15, 0.2) is 6.61 Å². The van der Waals surface area contributed by atoms with Gasteiger partial charge in [-0.3, -0.25) is 19.3 Å². The van der Waals surface area contributed by atoms with Crippen molar-refractivity contribution in [1.29, 1.82) is 0 Å². The van der Waals surface area contributed by atoms with Crippen LogP contribution in [0.3, 0.4) is 0 Å². The summed E-state index contributed by atoms with van der Waals surface area (Å²) in [5.41, 5.74) is 2.00. The molecule has 0 unspecified atom stereocenters. The third-order valence-electron chi connectivity index (χ3n) is 4.17. The Morgan fingerprint density at radius 3 is 2.26 bits per heavy atom. The summed E-state index contributed by atoms with van der Waals surface area (Å²) in [5, 5.41) is 0. The monoisotopic (exact) mass is 376 g/mol. The van der Waals surface area contributed by atoms with Crippen LogP contribution in [-0.4, -0.2) is 86.4 Å². The summed E-state index contributed by atoms with van der Waals surface area (Å²) in [4.78, 5) is 52.7. The quantitative estimate of drug-likeness (QED) is 0.497. The highest BCUT2D eigenvalue weighted by Crippen LogP contribution is 2.13. The molecule has 146 valence electrons. The van der Waals surface area contributed by atoms with Crippen LogP contribution in [0.25, 0.3) is 0 Å². The molecule has 1 aromatic carbocycles. The number of hydrogen-bond acceptors (Lipinski definition) is 6. The summed E-state index contributed by atoms with van der Waals surface area (Å²) in [6.07, 6.45) is 0. The lowest BCUT2D eigenvalue weighted by Crippen LogP contribution is -2.38. The van der Waals surface area contributed by atoms with Crippen LogP contribution in [0, 0.1) is 0 Å². The Morgan fingerprint density at radius 2 is 1.74 bits per heavy atom. The molecule has 1 aliphatic rings. The Bertz CT molecular complexity index is 732. The number of imide groups is 1. The van der Waals surface area contributed by atoms with E-state index in [4.69, 9.17) is 4.74 Å².